The lowest BCUT2D eigenvalue weighted by molar-refractivity contribution is 0.0367. The Kier molecular flexibility index (Phi) is 7.48. The molecule has 4 heteroatoms. The molecule has 2 aliphatic heterocycles. The first-order valence-electron chi connectivity index (χ1n) is 13.8. The van der Waals surface area contributed by atoms with E-state index in [0.29, 0.717) is 5.41 Å². The highest BCUT2D eigenvalue weighted by Gasteiger charge is 2.38. The van der Waals surface area contributed by atoms with Gasteiger partial charge in [0.25, 0.3) is 5.91 Å². The number of aryl methyl sites for hydroxylation is 3. The molecule has 4 nitrogen and oxygen atoms in total. The number of carbonyl (C=O) groups excluding carboxylic acids is 1. The second-order valence-electron chi connectivity index (χ2n) is 11.4. The molecule has 2 aromatic rings. The van der Waals surface area contributed by atoms with Crippen LogP contribution in [0.4, 0.5) is 0 Å². The SMILES string of the molecule is Cc1cccc(C)c1C(=O)N1CCC2(CCCCc3ccccc3OCCN(CC3CC3)C2)CC1. The summed E-state index contributed by atoms with van der Waals surface area (Å²) < 4.78 is 6.29. The summed E-state index contributed by atoms with van der Waals surface area (Å²) in [7, 11) is 0. The lowest BCUT2D eigenvalue weighted by Gasteiger charge is -2.45. The summed E-state index contributed by atoms with van der Waals surface area (Å²) in [6, 6.07) is 14.8. The van der Waals surface area contributed by atoms with E-state index in [9.17, 15) is 4.79 Å². The van der Waals surface area contributed by atoms with Crippen molar-refractivity contribution < 1.29 is 9.53 Å². The normalized spacial score (nSPS) is 21.5. The van der Waals surface area contributed by atoms with Crippen LogP contribution in [0.25, 0.3) is 0 Å². The average Bonchev–Trinajstić information content (AvgIpc) is 3.66. The monoisotopic (exact) mass is 474 g/mol. The van der Waals surface area contributed by atoms with Crippen LogP contribution in [0.2, 0.25) is 0 Å². The molecule has 5 rings (SSSR count). The van der Waals surface area contributed by atoms with Crippen molar-refractivity contribution in [3.63, 3.8) is 0 Å². The number of nitrogens with zero attached hydrogens (tertiary/aromatic N) is 2. The van der Waals surface area contributed by atoms with Crippen molar-refractivity contribution in [3.05, 3.63) is 64.7 Å². The Bertz CT molecular complexity index is 1000. The summed E-state index contributed by atoms with van der Waals surface area (Å²) in [4.78, 5) is 18.3. The molecule has 1 saturated heterocycles. The molecular formula is C31H42N2O2. The van der Waals surface area contributed by atoms with Gasteiger partial charge in [-0.1, -0.05) is 42.8 Å². The molecule has 1 amide bonds. The number of rotatable bonds is 3. The first-order valence-corrected chi connectivity index (χ1v) is 13.8. The molecule has 35 heavy (non-hydrogen) atoms. The van der Waals surface area contributed by atoms with Gasteiger partial charge in [0.2, 0.25) is 0 Å². The minimum absolute atomic E-state index is 0.225. The van der Waals surface area contributed by atoms with Crippen molar-refractivity contribution in [1.29, 1.82) is 0 Å². The predicted octanol–water partition coefficient (Wildman–Crippen LogP) is 6.04. The first kappa shape index (κ1) is 24.4. The summed E-state index contributed by atoms with van der Waals surface area (Å²) in [5.41, 5.74) is 4.76. The average molecular weight is 475 g/mol. The Morgan fingerprint density at radius 3 is 2.43 bits per heavy atom. The summed E-state index contributed by atoms with van der Waals surface area (Å²) in [5, 5.41) is 0. The molecule has 0 bridgehead atoms. The molecule has 1 aliphatic carbocycles. The van der Waals surface area contributed by atoms with Gasteiger partial charge in [0.05, 0.1) is 0 Å². The van der Waals surface area contributed by atoms with Crippen LogP contribution in [-0.2, 0) is 6.42 Å². The van der Waals surface area contributed by atoms with Crippen LogP contribution in [0.3, 0.4) is 0 Å². The molecule has 2 aromatic carbocycles. The number of ether oxygens (including phenoxy) is 1. The van der Waals surface area contributed by atoms with E-state index in [2.05, 4.69) is 60.0 Å². The number of hydrogen-bond acceptors (Lipinski definition) is 3. The van der Waals surface area contributed by atoms with Crippen molar-refractivity contribution in [3.8, 4) is 5.75 Å². The molecule has 0 aromatic heterocycles. The summed E-state index contributed by atoms with van der Waals surface area (Å²) in [6.45, 7) is 10.0. The second kappa shape index (κ2) is 10.7. The van der Waals surface area contributed by atoms with Gasteiger partial charge in [-0.25, -0.2) is 0 Å². The van der Waals surface area contributed by atoms with Crippen LogP contribution in [0.1, 0.15) is 72.0 Å². The molecule has 1 saturated carbocycles. The smallest absolute Gasteiger partial charge is 0.254 e. The third-order valence-corrected chi connectivity index (χ3v) is 8.62. The largest absolute Gasteiger partial charge is 0.492 e. The van der Waals surface area contributed by atoms with E-state index in [1.807, 2.05) is 6.07 Å². The molecular weight excluding hydrogens is 432 g/mol. The van der Waals surface area contributed by atoms with E-state index >= 15 is 0 Å². The lowest BCUT2D eigenvalue weighted by atomic mass is 9.73. The van der Waals surface area contributed by atoms with Crippen LogP contribution in [0, 0.1) is 25.2 Å². The molecule has 0 unspecified atom stereocenters. The third-order valence-electron chi connectivity index (χ3n) is 8.62. The summed E-state index contributed by atoms with van der Waals surface area (Å²) in [5.74, 6) is 2.17. The fraction of sp³-hybridized carbons (Fsp3) is 0.581. The number of hydrogen-bond donors (Lipinski definition) is 0. The highest BCUT2D eigenvalue weighted by Crippen LogP contribution is 2.40. The van der Waals surface area contributed by atoms with Crippen LogP contribution in [0.15, 0.2) is 42.5 Å². The van der Waals surface area contributed by atoms with Gasteiger partial charge in [0.15, 0.2) is 0 Å². The molecule has 0 atom stereocenters. The molecule has 0 N–H and O–H groups in total. The van der Waals surface area contributed by atoms with E-state index in [-0.39, 0.29) is 5.91 Å². The zero-order valence-electron chi connectivity index (χ0n) is 21.7. The number of likely N-dealkylation sites (tertiary alicyclic amines) is 1. The Labute approximate surface area is 211 Å². The fourth-order valence-electron chi connectivity index (χ4n) is 6.31. The second-order valence-corrected chi connectivity index (χ2v) is 11.4. The first-order chi connectivity index (χ1) is 17.0. The Morgan fingerprint density at radius 1 is 0.943 bits per heavy atom. The van der Waals surface area contributed by atoms with E-state index < -0.39 is 0 Å². The molecule has 188 valence electrons. The Balaban J connectivity index is 1.29. The van der Waals surface area contributed by atoms with Crippen molar-refractivity contribution in [2.75, 3.05) is 39.3 Å². The van der Waals surface area contributed by atoms with E-state index in [0.717, 1.165) is 80.4 Å². The van der Waals surface area contributed by atoms with E-state index in [1.165, 1.54) is 44.2 Å². The summed E-state index contributed by atoms with van der Waals surface area (Å²) >= 11 is 0. The van der Waals surface area contributed by atoms with Crippen molar-refractivity contribution in [2.24, 2.45) is 11.3 Å². The Hall–Kier alpha value is -2.33. The van der Waals surface area contributed by atoms with Gasteiger partial charge in [0, 0.05) is 38.3 Å². The molecule has 2 heterocycles. The minimum atomic E-state index is 0.225. The fourth-order valence-corrected chi connectivity index (χ4v) is 6.31. The zero-order valence-corrected chi connectivity index (χ0v) is 21.7. The van der Waals surface area contributed by atoms with Crippen LogP contribution in [-0.4, -0.2) is 55.0 Å². The zero-order chi connectivity index (χ0) is 24.3. The molecule has 0 radical (unpaired) electrons. The highest BCUT2D eigenvalue weighted by atomic mass is 16.5. The van der Waals surface area contributed by atoms with Gasteiger partial charge in [-0.05, 0) is 92.9 Å². The van der Waals surface area contributed by atoms with Crippen molar-refractivity contribution in [1.82, 2.24) is 9.80 Å². The lowest BCUT2D eigenvalue weighted by Crippen LogP contribution is -2.49. The van der Waals surface area contributed by atoms with Gasteiger partial charge < -0.3 is 9.64 Å². The minimum Gasteiger partial charge on any atom is -0.492 e. The molecule has 2 fully saturated rings. The van der Waals surface area contributed by atoms with Crippen LogP contribution < -0.4 is 4.74 Å². The summed E-state index contributed by atoms with van der Waals surface area (Å²) in [6.07, 6.45) is 9.80. The van der Waals surface area contributed by atoms with Gasteiger partial charge >= 0.3 is 0 Å². The predicted molar refractivity (Wildman–Crippen MR) is 142 cm³/mol. The van der Waals surface area contributed by atoms with Crippen LogP contribution >= 0.6 is 0 Å². The third kappa shape index (κ3) is 5.91. The molecule has 1 spiro atoms. The maximum Gasteiger partial charge on any atom is 0.254 e. The van der Waals surface area contributed by atoms with Gasteiger partial charge in [0.1, 0.15) is 12.4 Å². The van der Waals surface area contributed by atoms with E-state index in [4.69, 9.17) is 4.74 Å². The number of amides is 1. The van der Waals surface area contributed by atoms with Gasteiger partial charge in [-0.2, -0.15) is 0 Å². The van der Waals surface area contributed by atoms with E-state index in [1.54, 1.807) is 0 Å². The van der Waals surface area contributed by atoms with Crippen molar-refractivity contribution >= 4 is 5.91 Å². The Morgan fingerprint density at radius 2 is 1.69 bits per heavy atom. The van der Waals surface area contributed by atoms with Crippen molar-refractivity contribution in [2.45, 2.75) is 65.2 Å². The number of piperidine rings is 1. The molecule has 3 aliphatic rings. The number of fused-ring (bicyclic) bond motifs is 1. The standard InChI is InChI=1S/C31H42N2O2/c1-24-8-7-9-25(2)29(24)30(34)33-18-16-31(17-19-33)15-6-5-11-27-10-3-4-12-28(27)35-21-20-32(23-31)22-26-13-14-26/h3-4,7-10,12,26H,5-6,11,13-23H2,1-2H3. The maximum atomic E-state index is 13.5. The highest BCUT2D eigenvalue weighted by molar-refractivity contribution is 5.97. The topological polar surface area (TPSA) is 32.8 Å². The van der Waals surface area contributed by atoms with Crippen LogP contribution in [0.5, 0.6) is 5.75 Å². The number of benzene rings is 2. The number of carbonyl (C=O) groups is 1. The van der Waals surface area contributed by atoms with Gasteiger partial charge in [-0.3, -0.25) is 9.69 Å². The maximum absolute atomic E-state index is 13.5. The number of para-hydroxylation sites is 1. The quantitative estimate of drug-likeness (QED) is 0.543. The van der Waals surface area contributed by atoms with Gasteiger partial charge in [-0.15, -0.1) is 0 Å².